The normalized spacial score (nSPS) is 14.5. The first-order chi connectivity index (χ1) is 10.7. The predicted molar refractivity (Wildman–Crippen MR) is 90.2 cm³/mol. The van der Waals surface area contributed by atoms with Crippen molar-refractivity contribution in [3.8, 4) is 11.3 Å². The highest BCUT2D eigenvalue weighted by molar-refractivity contribution is 7.14. The van der Waals surface area contributed by atoms with E-state index in [1.165, 1.54) is 16.9 Å². The van der Waals surface area contributed by atoms with Gasteiger partial charge in [-0.1, -0.05) is 42.0 Å². The lowest BCUT2D eigenvalue weighted by Gasteiger charge is -2.14. The molecule has 0 aliphatic carbocycles. The van der Waals surface area contributed by atoms with Crippen molar-refractivity contribution in [1.29, 1.82) is 0 Å². The summed E-state index contributed by atoms with van der Waals surface area (Å²) in [5.74, 6) is -0.0381. The summed E-state index contributed by atoms with van der Waals surface area (Å²) in [7, 11) is 0. The lowest BCUT2D eigenvalue weighted by atomic mass is 10.1. The van der Waals surface area contributed by atoms with Gasteiger partial charge in [0.05, 0.1) is 10.7 Å². The van der Waals surface area contributed by atoms with Crippen LogP contribution in [0.1, 0.15) is 21.1 Å². The topological polar surface area (TPSA) is 54.0 Å². The zero-order chi connectivity index (χ0) is 15.4. The summed E-state index contributed by atoms with van der Waals surface area (Å²) in [6.07, 6.45) is 3.15. The van der Waals surface area contributed by atoms with Crippen LogP contribution in [0.15, 0.2) is 42.0 Å². The largest absolute Gasteiger partial charge is 0.348 e. The average molecular weight is 313 g/mol. The summed E-state index contributed by atoms with van der Waals surface area (Å²) >= 11 is 1.45. The zero-order valence-corrected chi connectivity index (χ0v) is 13.4. The molecule has 1 aliphatic rings. The van der Waals surface area contributed by atoms with E-state index in [9.17, 15) is 4.79 Å². The van der Waals surface area contributed by atoms with Gasteiger partial charge in [-0.2, -0.15) is 0 Å². The highest BCUT2D eigenvalue weighted by Crippen LogP contribution is 2.27. The van der Waals surface area contributed by atoms with E-state index in [4.69, 9.17) is 0 Å². The second-order valence-corrected chi connectivity index (χ2v) is 6.48. The minimum absolute atomic E-state index is 0.0381. The molecule has 5 heteroatoms. The van der Waals surface area contributed by atoms with E-state index in [1.54, 1.807) is 0 Å². The Balaban J connectivity index is 1.76. The molecule has 1 aromatic heterocycles. The summed E-state index contributed by atoms with van der Waals surface area (Å²) < 4.78 is 0. The molecule has 2 N–H and O–H groups in total. The summed E-state index contributed by atoms with van der Waals surface area (Å²) in [6, 6.07) is 9.87. The van der Waals surface area contributed by atoms with Crippen LogP contribution in [0, 0.1) is 6.92 Å². The minimum Gasteiger partial charge on any atom is -0.348 e. The molecule has 0 fully saturated rings. The maximum Gasteiger partial charge on any atom is 0.263 e. The molecule has 2 heterocycles. The molecule has 114 valence electrons. The summed E-state index contributed by atoms with van der Waals surface area (Å²) in [5, 5.41) is 7.21. The van der Waals surface area contributed by atoms with Crippen LogP contribution in [0.2, 0.25) is 0 Å². The maximum absolute atomic E-state index is 12.5. The molecule has 0 saturated heterocycles. The number of aryl methyl sites for hydroxylation is 1. The van der Waals surface area contributed by atoms with Crippen molar-refractivity contribution in [3.05, 3.63) is 51.9 Å². The van der Waals surface area contributed by atoms with E-state index in [1.807, 2.05) is 37.3 Å². The third-order valence-corrected chi connectivity index (χ3v) is 4.59. The number of nitrogens with one attached hydrogen (secondary N) is 2. The highest BCUT2D eigenvalue weighted by Gasteiger charge is 2.18. The lowest BCUT2D eigenvalue weighted by molar-refractivity contribution is 0.0961. The quantitative estimate of drug-likeness (QED) is 0.854. The van der Waals surface area contributed by atoms with Crippen LogP contribution in [-0.4, -0.2) is 30.5 Å². The molecule has 3 rings (SSSR count). The van der Waals surface area contributed by atoms with Crippen molar-refractivity contribution in [3.63, 3.8) is 0 Å². The number of amides is 1. The molecule has 1 aliphatic heterocycles. The standard InChI is InChI=1S/C17H19N3OS/c1-12-20-15(14-5-3-2-4-6-14)16(22-12)17(21)19-11-13-7-9-18-10-8-13/h2-7,18H,8-11H2,1H3,(H,19,21). The first-order valence-corrected chi connectivity index (χ1v) is 8.25. The van der Waals surface area contributed by atoms with Gasteiger partial charge < -0.3 is 10.6 Å². The number of rotatable bonds is 4. The van der Waals surface area contributed by atoms with Crippen LogP contribution < -0.4 is 10.6 Å². The second kappa shape index (κ2) is 6.85. The highest BCUT2D eigenvalue weighted by atomic mass is 32.1. The predicted octanol–water partition coefficient (Wildman–Crippen LogP) is 2.77. The first kappa shape index (κ1) is 14.9. The Morgan fingerprint density at radius 1 is 1.36 bits per heavy atom. The fraction of sp³-hybridized carbons (Fsp3) is 0.294. The van der Waals surface area contributed by atoms with Gasteiger partial charge in [0.2, 0.25) is 0 Å². The molecule has 4 nitrogen and oxygen atoms in total. The van der Waals surface area contributed by atoms with E-state index in [-0.39, 0.29) is 5.91 Å². The minimum atomic E-state index is -0.0381. The SMILES string of the molecule is Cc1nc(-c2ccccc2)c(C(=O)NCC2=CCNCC2)s1. The number of hydrogen-bond donors (Lipinski definition) is 2. The smallest absolute Gasteiger partial charge is 0.263 e. The van der Waals surface area contributed by atoms with Gasteiger partial charge in [-0.15, -0.1) is 11.3 Å². The number of benzene rings is 1. The van der Waals surface area contributed by atoms with Crippen molar-refractivity contribution in [1.82, 2.24) is 15.6 Å². The lowest BCUT2D eigenvalue weighted by Crippen LogP contribution is -2.29. The fourth-order valence-electron chi connectivity index (χ4n) is 2.48. The van der Waals surface area contributed by atoms with Crippen LogP contribution >= 0.6 is 11.3 Å². The number of thiazole rings is 1. The van der Waals surface area contributed by atoms with Gasteiger partial charge in [0, 0.05) is 18.7 Å². The van der Waals surface area contributed by atoms with E-state index in [2.05, 4.69) is 21.7 Å². The van der Waals surface area contributed by atoms with Crippen molar-refractivity contribution >= 4 is 17.2 Å². The number of carbonyl (C=O) groups excluding carboxylic acids is 1. The van der Waals surface area contributed by atoms with Crippen LogP contribution in [-0.2, 0) is 0 Å². The first-order valence-electron chi connectivity index (χ1n) is 7.43. The van der Waals surface area contributed by atoms with Gasteiger partial charge in [-0.25, -0.2) is 4.98 Å². The number of hydrogen-bond acceptors (Lipinski definition) is 4. The van der Waals surface area contributed by atoms with Gasteiger partial charge in [-0.3, -0.25) is 4.79 Å². The van der Waals surface area contributed by atoms with Gasteiger partial charge in [0.25, 0.3) is 5.91 Å². The van der Waals surface area contributed by atoms with Crippen molar-refractivity contribution in [2.24, 2.45) is 0 Å². The fourth-order valence-corrected chi connectivity index (χ4v) is 3.33. The molecule has 2 aromatic rings. The number of carbonyl (C=O) groups is 1. The molecule has 0 spiro atoms. The average Bonchev–Trinajstić information content (AvgIpc) is 2.96. The van der Waals surface area contributed by atoms with Gasteiger partial charge in [-0.05, 0) is 19.9 Å². The molecule has 0 saturated carbocycles. The number of aromatic nitrogens is 1. The molecular formula is C17H19N3OS. The Kier molecular flexibility index (Phi) is 4.65. The van der Waals surface area contributed by atoms with Gasteiger partial charge in [0.1, 0.15) is 4.88 Å². The van der Waals surface area contributed by atoms with Crippen LogP contribution in [0.4, 0.5) is 0 Å². The molecule has 0 bridgehead atoms. The molecule has 1 aromatic carbocycles. The number of nitrogens with zero attached hydrogens (tertiary/aromatic N) is 1. The van der Waals surface area contributed by atoms with Crippen LogP contribution in [0.5, 0.6) is 0 Å². The summed E-state index contributed by atoms with van der Waals surface area (Å²) in [5.41, 5.74) is 3.05. The van der Waals surface area contributed by atoms with Crippen molar-refractivity contribution in [2.75, 3.05) is 19.6 Å². The molecule has 0 radical (unpaired) electrons. The summed E-state index contributed by atoms with van der Waals surface area (Å²) in [4.78, 5) is 17.7. The monoisotopic (exact) mass is 313 g/mol. The van der Waals surface area contributed by atoms with E-state index >= 15 is 0 Å². The Labute approximate surface area is 134 Å². The van der Waals surface area contributed by atoms with Gasteiger partial charge >= 0.3 is 0 Å². The van der Waals surface area contributed by atoms with E-state index in [0.717, 1.165) is 35.8 Å². The zero-order valence-electron chi connectivity index (χ0n) is 12.6. The third-order valence-electron chi connectivity index (χ3n) is 3.62. The van der Waals surface area contributed by atoms with E-state index < -0.39 is 0 Å². The van der Waals surface area contributed by atoms with Crippen LogP contribution in [0.25, 0.3) is 11.3 Å². The van der Waals surface area contributed by atoms with Crippen molar-refractivity contribution < 1.29 is 4.79 Å². The van der Waals surface area contributed by atoms with Crippen molar-refractivity contribution in [2.45, 2.75) is 13.3 Å². The van der Waals surface area contributed by atoms with Crippen LogP contribution in [0.3, 0.4) is 0 Å². The Bertz CT molecular complexity index is 691. The Morgan fingerprint density at radius 2 is 2.18 bits per heavy atom. The summed E-state index contributed by atoms with van der Waals surface area (Å²) in [6.45, 7) is 4.42. The third kappa shape index (κ3) is 3.43. The maximum atomic E-state index is 12.5. The molecule has 1 amide bonds. The molecular weight excluding hydrogens is 294 g/mol. The van der Waals surface area contributed by atoms with Gasteiger partial charge in [0.15, 0.2) is 0 Å². The molecule has 0 atom stereocenters. The Hall–Kier alpha value is -1.98. The molecule has 22 heavy (non-hydrogen) atoms. The molecule has 0 unspecified atom stereocenters. The van der Waals surface area contributed by atoms with E-state index in [0.29, 0.717) is 11.4 Å². The second-order valence-electron chi connectivity index (χ2n) is 5.28. The Morgan fingerprint density at radius 3 is 2.91 bits per heavy atom.